The molecule has 0 aromatic rings. The third-order valence-corrected chi connectivity index (χ3v) is 2.73. The number of carbonyl (C=O) groups excluding carboxylic acids is 1. The molecule has 0 aliphatic carbocycles. The van der Waals surface area contributed by atoms with Crippen molar-refractivity contribution in [2.75, 3.05) is 13.2 Å². The zero-order valence-electron chi connectivity index (χ0n) is 11.6. The van der Waals surface area contributed by atoms with Crippen LogP contribution in [0, 0.1) is 10.8 Å². The fourth-order valence-electron chi connectivity index (χ4n) is 2.24. The highest BCUT2D eigenvalue weighted by atomic mass is 16.5. The van der Waals surface area contributed by atoms with Gasteiger partial charge in [-0.25, -0.2) is 0 Å². The van der Waals surface area contributed by atoms with E-state index in [1.54, 1.807) is 0 Å². The highest BCUT2D eigenvalue weighted by Gasteiger charge is 2.28. The molecule has 0 rings (SSSR count). The first-order valence-corrected chi connectivity index (χ1v) is 6.34. The summed E-state index contributed by atoms with van der Waals surface area (Å²) in [5.41, 5.74) is 0.236. The molecule has 0 aliphatic rings. The number of rotatable bonds is 9. The average molecular weight is 228 g/mol. The molecule has 0 saturated carbocycles. The summed E-state index contributed by atoms with van der Waals surface area (Å²) in [5, 5.41) is 0. The molecule has 0 unspecified atom stereocenters. The van der Waals surface area contributed by atoms with Crippen molar-refractivity contribution in [3.63, 3.8) is 0 Å². The summed E-state index contributed by atoms with van der Waals surface area (Å²) in [5.74, 6) is 0. The van der Waals surface area contributed by atoms with Gasteiger partial charge in [0, 0.05) is 13.0 Å². The SMILES string of the molecule is CCCCOCC(C)(C)CC(C)(C)CC=O. The monoisotopic (exact) mass is 228 g/mol. The zero-order valence-corrected chi connectivity index (χ0v) is 11.6. The van der Waals surface area contributed by atoms with E-state index in [-0.39, 0.29) is 10.8 Å². The van der Waals surface area contributed by atoms with Gasteiger partial charge in [-0.2, -0.15) is 0 Å². The van der Waals surface area contributed by atoms with Crippen LogP contribution in [0.2, 0.25) is 0 Å². The number of unbranched alkanes of at least 4 members (excludes halogenated alkanes) is 1. The molecule has 0 N–H and O–H groups in total. The third kappa shape index (κ3) is 7.86. The van der Waals surface area contributed by atoms with Crippen LogP contribution in [0.15, 0.2) is 0 Å². The molecule has 0 atom stereocenters. The first kappa shape index (κ1) is 15.6. The second kappa shape index (κ2) is 7.05. The van der Waals surface area contributed by atoms with E-state index in [2.05, 4.69) is 34.6 Å². The summed E-state index contributed by atoms with van der Waals surface area (Å²) >= 11 is 0. The minimum Gasteiger partial charge on any atom is -0.381 e. The Morgan fingerprint density at radius 3 is 2.25 bits per heavy atom. The maximum absolute atomic E-state index is 10.6. The second-order valence-electron chi connectivity index (χ2n) is 6.28. The fourth-order valence-corrected chi connectivity index (χ4v) is 2.24. The Balaban J connectivity index is 3.97. The van der Waals surface area contributed by atoms with Crippen molar-refractivity contribution >= 4 is 6.29 Å². The van der Waals surface area contributed by atoms with E-state index in [9.17, 15) is 4.79 Å². The van der Waals surface area contributed by atoms with Gasteiger partial charge in [-0.05, 0) is 23.7 Å². The molecule has 96 valence electrons. The lowest BCUT2D eigenvalue weighted by atomic mass is 9.74. The smallest absolute Gasteiger partial charge is 0.120 e. The van der Waals surface area contributed by atoms with E-state index in [1.165, 1.54) is 6.42 Å². The number of hydrogen-bond donors (Lipinski definition) is 0. The van der Waals surface area contributed by atoms with Gasteiger partial charge in [0.2, 0.25) is 0 Å². The summed E-state index contributed by atoms with van der Waals surface area (Å²) in [6.45, 7) is 12.5. The minimum absolute atomic E-state index is 0.0827. The summed E-state index contributed by atoms with van der Waals surface area (Å²) in [6.07, 6.45) is 4.98. The van der Waals surface area contributed by atoms with Crippen LogP contribution in [0.1, 0.15) is 60.3 Å². The van der Waals surface area contributed by atoms with Gasteiger partial charge in [0.05, 0.1) is 6.61 Å². The number of aldehydes is 1. The van der Waals surface area contributed by atoms with Crippen molar-refractivity contribution in [2.45, 2.75) is 60.3 Å². The largest absolute Gasteiger partial charge is 0.381 e. The lowest BCUT2D eigenvalue weighted by molar-refractivity contribution is -0.110. The maximum Gasteiger partial charge on any atom is 0.120 e. The lowest BCUT2D eigenvalue weighted by Crippen LogP contribution is -2.28. The summed E-state index contributed by atoms with van der Waals surface area (Å²) in [4.78, 5) is 10.6. The second-order valence-corrected chi connectivity index (χ2v) is 6.28. The average Bonchev–Trinajstić information content (AvgIpc) is 2.10. The van der Waals surface area contributed by atoms with E-state index in [1.807, 2.05) is 0 Å². The predicted octanol–water partition coefficient (Wildman–Crippen LogP) is 3.83. The van der Waals surface area contributed by atoms with Crippen molar-refractivity contribution in [3.05, 3.63) is 0 Å². The number of ether oxygens (including phenoxy) is 1. The Hall–Kier alpha value is -0.370. The quantitative estimate of drug-likeness (QED) is 0.443. The topological polar surface area (TPSA) is 26.3 Å². The highest BCUT2D eigenvalue weighted by Crippen LogP contribution is 2.35. The van der Waals surface area contributed by atoms with Crippen LogP contribution in [-0.4, -0.2) is 19.5 Å². The van der Waals surface area contributed by atoms with Gasteiger partial charge in [0.1, 0.15) is 6.29 Å². The molecule has 16 heavy (non-hydrogen) atoms. The van der Waals surface area contributed by atoms with Gasteiger partial charge >= 0.3 is 0 Å². The molecular formula is C14H28O2. The van der Waals surface area contributed by atoms with Crippen LogP contribution >= 0.6 is 0 Å². The van der Waals surface area contributed by atoms with Gasteiger partial charge in [0.25, 0.3) is 0 Å². The Bertz CT molecular complexity index is 195. The molecule has 0 aromatic heterocycles. The molecule has 2 heteroatoms. The van der Waals surface area contributed by atoms with E-state index in [4.69, 9.17) is 4.74 Å². The number of hydrogen-bond acceptors (Lipinski definition) is 2. The molecule has 0 amide bonds. The predicted molar refractivity (Wildman–Crippen MR) is 68.6 cm³/mol. The van der Waals surface area contributed by atoms with Gasteiger partial charge < -0.3 is 9.53 Å². The van der Waals surface area contributed by atoms with E-state index < -0.39 is 0 Å². The van der Waals surface area contributed by atoms with E-state index in [0.717, 1.165) is 32.3 Å². The fraction of sp³-hybridized carbons (Fsp3) is 0.929. The molecule has 0 fully saturated rings. The molecular weight excluding hydrogens is 200 g/mol. The molecule has 0 aromatic carbocycles. The van der Waals surface area contributed by atoms with Crippen molar-refractivity contribution in [3.8, 4) is 0 Å². The molecule has 0 bridgehead atoms. The Morgan fingerprint density at radius 1 is 1.12 bits per heavy atom. The van der Waals surface area contributed by atoms with Crippen molar-refractivity contribution in [1.82, 2.24) is 0 Å². The summed E-state index contributed by atoms with van der Waals surface area (Å²) in [6, 6.07) is 0. The first-order valence-electron chi connectivity index (χ1n) is 6.34. The van der Waals surface area contributed by atoms with Gasteiger partial charge in [-0.3, -0.25) is 0 Å². The molecule has 0 saturated heterocycles. The van der Waals surface area contributed by atoms with Crippen LogP contribution in [-0.2, 0) is 9.53 Å². The van der Waals surface area contributed by atoms with Gasteiger partial charge in [-0.1, -0.05) is 41.0 Å². The Labute approximate surface area is 101 Å². The third-order valence-electron chi connectivity index (χ3n) is 2.73. The minimum atomic E-state index is 0.0827. The molecule has 2 nitrogen and oxygen atoms in total. The van der Waals surface area contributed by atoms with Crippen LogP contribution < -0.4 is 0 Å². The molecule has 0 spiro atoms. The summed E-state index contributed by atoms with van der Waals surface area (Å²) in [7, 11) is 0. The zero-order chi connectivity index (χ0) is 12.7. The maximum atomic E-state index is 10.6. The van der Waals surface area contributed by atoms with Gasteiger partial charge in [0.15, 0.2) is 0 Å². The highest BCUT2D eigenvalue weighted by molar-refractivity contribution is 5.50. The molecule has 0 radical (unpaired) electrons. The van der Waals surface area contributed by atoms with E-state index >= 15 is 0 Å². The van der Waals surface area contributed by atoms with Crippen molar-refractivity contribution in [1.29, 1.82) is 0 Å². The standard InChI is InChI=1S/C14H28O2/c1-6-7-10-16-12-14(4,5)11-13(2,3)8-9-15/h9H,6-8,10-12H2,1-5H3. The van der Waals surface area contributed by atoms with Crippen molar-refractivity contribution in [2.24, 2.45) is 10.8 Å². The molecule has 0 aliphatic heterocycles. The van der Waals surface area contributed by atoms with Crippen LogP contribution in [0.4, 0.5) is 0 Å². The Kier molecular flexibility index (Phi) is 6.89. The van der Waals surface area contributed by atoms with Crippen LogP contribution in [0.5, 0.6) is 0 Å². The lowest BCUT2D eigenvalue weighted by Gasteiger charge is -2.33. The molecule has 0 heterocycles. The number of carbonyl (C=O) groups is 1. The van der Waals surface area contributed by atoms with Crippen LogP contribution in [0.3, 0.4) is 0 Å². The van der Waals surface area contributed by atoms with Crippen LogP contribution in [0.25, 0.3) is 0 Å². The Morgan fingerprint density at radius 2 is 1.75 bits per heavy atom. The van der Waals surface area contributed by atoms with Crippen molar-refractivity contribution < 1.29 is 9.53 Å². The summed E-state index contributed by atoms with van der Waals surface area (Å²) < 4.78 is 5.67. The van der Waals surface area contributed by atoms with Gasteiger partial charge in [-0.15, -0.1) is 0 Å². The van der Waals surface area contributed by atoms with E-state index in [0.29, 0.717) is 6.42 Å². The normalized spacial score (nSPS) is 12.8. The first-order chi connectivity index (χ1) is 7.33.